The van der Waals surface area contributed by atoms with Gasteiger partial charge < -0.3 is 20.6 Å². The largest absolute Gasteiger partial charge is 0.394 e. The average molecular weight is 662 g/mol. The molecule has 0 aromatic carbocycles. The number of unbranched alkanes of at least 4 members (excludes halogenated alkanes) is 24. The lowest BCUT2D eigenvalue weighted by molar-refractivity contribution is -0.131. The molecular weight excluding hydrogens is 582 g/mol. The highest BCUT2D eigenvalue weighted by atomic mass is 16.3. The molecule has 0 rings (SSSR count). The molecule has 47 heavy (non-hydrogen) atoms. The van der Waals surface area contributed by atoms with E-state index in [4.69, 9.17) is 0 Å². The fourth-order valence-corrected chi connectivity index (χ4v) is 5.95. The minimum atomic E-state index is -1.11. The van der Waals surface area contributed by atoms with Gasteiger partial charge in [-0.25, -0.2) is 0 Å². The van der Waals surface area contributed by atoms with Crippen molar-refractivity contribution >= 4 is 5.91 Å². The van der Waals surface area contributed by atoms with Gasteiger partial charge >= 0.3 is 0 Å². The molecule has 0 aliphatic rings. The Kier molecular flexibility index (Phi) is 36.3. The van der Waals surface area contributed by atoms with E-state index in [2.05, 4.69) is 43.5 Å². The smallest absolute Gasteiger partial charge is 0.249 e. The Morgan fingerprint density at radius 2 is 0.894 bits per heavy atom. The molecule has 0 aliphatic carbocycles. The van der Waals surface area contributed by atoms with Crippen LogP contribution in [0.5, 0.6) is 0 Å². The van der Waals surface area contributed by atoms with E-state index < -0.39 is 24.2 Å². The van der Waals surface area contributed by atoms with Gasteiger partial charge in [0.2, 0.25) is 5.91 Å². The number of allylic oxidation sites excluding steroid dienone is 5. The summed E-state index contributed by atoms with van der Waals surface area (Å²) < 4.78 is 0. The summed E-state index contributed by atoms with van der Waals surface area (Å²) in [4.78, 5) is 12.4. The third-order valence-electron chi connectivity index (χ3n) is 9.20. The summed E-state index contributed by atoms with van der Waals surface area (Å²) in [6, 6.07) is -0.817. The number of aliphatic hydroxyl groups is 3. The van der Waals surface area contributed by atoms with Crippen molar-refractivity contribution in [2.45, 2.75) is 218 Å². The van der Waals surface area contributed by atoms with Gasteiger partial charge in [-0.05, 0) is 51.4 Å². The third-order valence-corrected chi connectivity index (χ3v) is 9.20. The van der Waals surface area contributed by atoms with Crippen molar-refractivity contribution in [3.63, 3.8) is 0 Å². The lowest BCUT2D eigenvalue weighted by Crippen LogP contribution is -2.48. The molecule has 3 unspecified atom stereocenters. The van der Waals surface area contributed by atoms with Crippen LogP contribution in [0.4, 0.5) is 0 Å². The number of rotatable bonds is 36. The Labute approximate surface area is 292 Å². The van der Waals surface area contributed by atoms with Gasteiger partial charge in [0, 0.05) is 0 Å². The Balaban J connectivity index is 3.70. The summed E-state index contributed by atoms with van der Waals surface area (Å²) in [6.07, 6.45) is 46.1. The highest BCUT2D eigenvalue weighted by Gasteiger charge is 2.22. The van der Waals surface area contributed by atoms with Crippen molar-refractivity contribution in [1.29, 1.82) is 0 Å². The molecule has 0 saturated heterocycles. The fraction of sp³-hybridized carbons (Fsp3) is 0.833. The molecule has 3 atom stereocenters. The van der Waals surface area contributed by atoms with Gasteiger partial charge in [0.25, 0.3) is 0 Å². The zero-order valence-electron chi connectivity index (χ0n) is 31.2. The van der Waals surface area contributed by atoms with E-state index in [1.807, 2.05) is 6.08 Å². The summed E-state index contributed by atoms with van der Waals surface area (Å²) in [5.74, 6) is -0.525. The van der Waals surface area contributed by atoms with E-state index in [0.29, 0.717) is 6.42 Å². The molecule has 276 valence electrons. The lowest BCUT2D eigenvalue weighted by Gasteiger charge is -2.21. The molecule has 1 amide bonds. The van der Waals surface area contributed by atoms with Crippen molar-refractivity contribution in [2.75, 3.05) is 6.61 Å². The molecule has 0 heterocycles. The van der Waals surface area contributed by atoms with Gasteiger partial charge in [-0.1, -0.05) is 185 Å². The highest BCUT2D eigenvalue weighted by Crippen LogP contribution is 2.15. The summed E-state index contributed by atoms with van der Waals surface area (Å²) in [5.41, 5.74) is 0. The van der Waals surface area contributed by atoms with Crippen LogP contribution in [0.3, 0.4) is 0 Å². The molecule has 0 bridgehead atoms. The monoisotopic (exact) mass is 662 g/mol. The number of nitrogens with one attached hydrogen (secondary N) is 1. The van der Waals surface area contributed by atoms with Crippen molar-refractivity contribution in [1.82, 2.24) is 5.32 Å². The van der Waals surface area contributed by atoms with Crippen LogP contribution >= 0.6 is 0 Å². The minimum Gasteiger partial charge on any atom is -0.394 e. The standard InChI is InChI=1S/C42H79NO4/c1-3-5-7-9-11-13-15-16-17-18-19-20-21-22-23-24-25-26-27-29-30-32-34-36-40(45)39(38-44)43-42(47)41(46)37-35-33-31-28-14-12-10-8-6-4-2/h10,12,27,29,34,36,39-41,44-46H,3-9,11,13-26,28,30-33,35,37-38H2,1-2H3,(H,43,47)/b12-10-,29-27+,36-34+. The third kappa shape index (κ3) is 32.9. The Bertz CT molecular complexity index is 734. The molecule has 0 saturated carbocycles. The summed E-state index contributed by atoms with van der Waals surface area (Å²) in [6.45, 7) is 4.11. The lowest BCUT2D eigenvalue weighted by atomic mass is 10.0. The van der Waals surface area contributed by atoms with Crippen LogP contribution in [0.2, 0.25) is 0 Å². The van der Waals surface area contributed by atoms with Crippen LogP contribution in [0, 0.1) is 0 Å². The van der Waals surface area contributed by atoms with Crippen molar-refractivity contribution in [3.05, 3.63) is 36.5 Å². The molecular formula is C42H79NO4. The fourth-order valence-electron chi connectivity index (χ4n) is 5.95. The summed E-state index contributed by atoms with van der Waals surface area (Å²) >= 11 is 0. The van der Waals surface area contributed by atoms with E-state index in [9.17, 15) is 20.1 Å². The van der Waals surface area contributed by atoms with Crippen LogP contribution in [0.15, 0.2) is 36.5 Å². The predicted octanol–water partition coefficient (Wildman–Crippen LogP) is 11.2. The minimum absolute atomic E-state index is 0.380. The molecule has 5 heteroatoms. The Morgan fingerprint density at radius 3 is 1.36 bits per heavy atom. The SMILES string of the molecule is CCCC/C=C\CCCCCCC(O)C(=O)NC(CO)C(O)/C=C/CC/C=C/CCCCCCCCCCCCCCCCCCC. The van der Waals surface area contributed by atoms with E-state index in [1.165, 1.54) is 122 Å². The summed E-state index contributed by atoms with van der Waals surface area (Å²) in [5, 5.41) is 32.9. The van der Waals surface area contributed by atoms with Crippen LogP contribution in [0.25, 0.3) is 0 Å². The number of hydrogen-bond acceptors (Lipinski definition) is 4. The van der Waals surface area contributed by atoms with Crippen molar-refractivity contribution < 1.29 is 20.1 Å². The Morgan fingerprint density at radius 1 is 0.511 bits per heavy atom. The van der Waals surface area contributed by atoms with Gasteiger partial charge in [-0.2, -0.15) is 0 Å². The second-order valence-corrected chi connectivity index (χ2v) is 13.8. The quantitative estimate of drug-likeness (QED) is 0.0397. The van der Waals surface area contributed by atoms with E-state index in [0.717, 1.165) is 57.8 Å². The average Bonchev–Trinajstić information content (AvgIpc) is 3.07. The van der Waals surface area contributed by atoms with Gasteiger partial charge in [0.1, 0.15) is 6.10 Å². The first-order valence-corrected chi connectivity index (χ1v) is 20.3. The topological polar surface area (TPSA) is 89.8 Å². The number of aliphatic hydroxyl groups excluding tert-OH is 3. The van der Waals surface area contributed by atoms with Gasteiger partial charge in [-0.15, -0.1) is 0 Å². The molecule has 0 aromatic heterocycles. The highest BCUT2D eigenvalue weighted by molar-refractivity contribution is 5.80. The molecule has 0 aromatic rings. The van der Waals surface area contributed by atoms with Gasteiger partial charge in [0.15, 0.2) is 0 Å². The number of carbonyl (C=O) groups is 1. The molecule has 5 nitrogen and oxygen atoms in total. The molecule has 0 spiro atoms. The maximum Gasteiger partial charge on any atom is 0.249 e. The van der Waals surface area contributed by atoms with Gasteiger partial charge in [-0.3, -0.25) is 4.79 Å². The summed E-state index contributed by atoms with van der Waals surface area (Å²) in [7, 11) is 0. The first-order valence-electron chi connectivity index (χ1n) is 20.3. The van der Waals surface area contributed by atoms with E-state index in [1.54, 1.807) is 6.08 Å². The predicted molar refractivity (Wildman–Crippen MR) is 204 cm³/mol. The number of carbonyl (C=O) groups excluding carboxylic acids is 1. The molecule has 0 radical (unpaired) electrons. The molecule has 0 fully saturated rings. The van der Waals surface area contributed by atoms with Crippen LogP contribution < -0.4 is 5.32 Å². The zero-order chi connectivity index (χ0) is 34.5. The van der Waals surface area contributed by atoms with Crippen LogP contribution in [-0.2, 0) is 4.79 Å². The molecule has 0 aliphatic heterocycles. The normalized spacial score (nSPS) is 14.1. The first-order chi connectivity index (χ1) is 23.1. The second-order valence-electron chi connectivity index (χ2n) is 13.8. The number of hydrogen-bond donors (Lipinski definition) is 4. The van der Waals surface area contributed by atoms with Gasteiger partial charge in [0.05, 0.1) is 18.8 Å². The molecule has 4 N–H and O–H groups in total. The van der Waals surface area contributed by atoms with Crippen molar-refractivity contribution in [3.8, 4) is 0 Å². The maximum atomic E-state index is 12.4. The van der Waals surface area contributed by atoms with E-state index >= 15 is 0 Å². The Hall–Kier alpha value is -1.43. The first kappa shape index (κ1) is 45.6. The van der Waals surface area contributed by atoms with E-state index in [-0.39, 0.29) is 6.61 Å². The second kappa shape index (κ2) is 37.4. The van der Waals surface area contributed by atoms with Crippen molar-refractivity contribution in [2.24, 2.45) is 0 Å². The maximum absolute atomic E-state index is 12.4. The van der Waals surface area contributed by atoms with Crippen LogP contribution in [0.1, 0.15) is 200 Å². The van der Waals surface area contributed by atoms with Crippen LogP contribution in [-0.4, -0.2) is 46.1 Å². The zero-order valence-corrected chi connectivity index (χ0v) is 31.2. The number of amides is 1.